The number of imide groups is 1. The minimum absolute atomic E-state index is 0.0129. The van der Waals surface area contributed by atoms with Crippen molar-refractivity contribution in [3.8, 4) is 0 Å². The van der Waals surface area contributed by atoms with Crippen molar-refractivity contribution >= 4 is 61.6 Å². The summed E-state index contributed by atoms with van der Waals surface area (Å²) in [7, 11) is -3.99. The number of hydrogen-bond acceptors (Lipinski definition) is 7. The number of hydrogen-bond donors (Lipinski definition) is 2. The van der Waals surface area contributed by atoms with Gasteiger partial charge in [0.1, 0.15) is 11.1 Å². The first-order valence-electron chi connectivity index (χ1n) is 12.3. The van der Waals surface area contributed by atoms with Gasteiger partial charge in [0.15, 0.2) is 0 Å². The molecular weight excluding hydrogens is 574 g/mol. The van der Waals surface area contributed by atoms with Gasteiger partial charge in [0.25, 0.3) is 17.5 Å². The highest BCUT2D eigenvalue weighted by molar-refractivity contribution is 7.89. The minimum Gasteiger partial charge on any atom is -0.361 e. The number of aromatic nitrogens is 1. The van der Waals surface area contributed by atoms with Crippen LogP contribution in [-0.2, 0) is 26.0 Å². The molecule has 1 aliphatic rings. The van der Waals surface area contributed by atoms with E-state index in [4.69, 9.17) is 16.7 Å². The maximum atomic E-state index is 13.8. The fourth-order valence-corrected chi connectivity index (χ4v) is 5.55. The van der Waals surface area contributed by atoms with Crippen molar-refractivity contribution in [3.05, 3.63) is 99.2 Å². The zero-order valence-corrected chi connectivity index (χ0v) is 22.8. The molecule has 12 nitrogen and oxygen atoms in total. The molecule has 1 aliphatic heterocycles. The van der Waals surface area contributed by atoms with Gasteiger partial charge < -0.3 is 9.88 Å². The Bertz CT molecular complexity index is 1820. The number of nitro groups is 1. The first-order chi connectivity index (χ1) is 19.5. The number of anilines is 1. The van der Waals surface area contributed by atoms with Crippen LogP contribution < -0.4 is 10.0 Å². The Hall–Kier alpha value is -4.59. The van der Waals surface area contributed by atoms with E-state index in [1.54, 1.807) is 6.20 Å². The highest BCUT2D eigenvalue weighted by Crippen LogP contribution is 2.30. The molecule has 2 heterocycles. The first kappa shape index (κ1) is 28.0. The lowest BCUT2D eigenvalue weighted by atomic mass is 10.1. The van der Waals surface area contributed by atoms with E-state index >= 15 is 0 Å². The number of nitro benzene ring substituents is 1. The van der Waals surface area contributed by atoms with Gasteiger partial charge in [-0.05, 0) is 54.4 Å². The third-order valence-corrected chi connectivity index (χ3v) is 8.12. The van der Waals surface area contributed by atoms with E-state index in [9.17, 15) is 32.9 Å². The number of benzene rings is 3. The van der Waals surface area contributed by atoms with Crippen molar-refractivity contribution in [1.82, 2.24) is 9.88 Å². The van der Waals surface area contributed by atoms with Gasteiger partial charge >= 0.3 is 0 Å². The van der Waals surface area contributed by atoms with E-state index in [2.05, 4.69) is 4.98 Å². The summed E-state index contributed by atoms with van der Waals surface area (Å²) in [6, 6.07) is 14.8. The van der Waals surface area contributed by atoms with Gasteiger partial charge in [-0.2, -0.15) is 0 Å². The maximum absolute atomic E-state index is 13.8. The van der Waals surface area contributed by atoms with Crippen LogP contribution in [0.3, 0.4) is 0 Å². The number of nitrogens with one attached hydrogen (secondary N) is 1. The second-order valence-electron chi connectivity index (χ2n) is 9.36. The number of carbonyl (C=O) groups excluding carboxylic acids is 3. The molecule has 4 aromatic rings. The molecule has 1 aromatic heterocycles. The second kappa shape index (κ2) is 10.8. The van der Waals surface area contributed by atoms with Crippen molar-refractivity contribution in [2.24, 2.45) is 5.14 Å². The standard InChI is InChI=1S/C27H22ClN5O7S/c28-21-10-5-16(13-23(21)33(37)38)26(35)31(12-11-17-15-30-22-4-2-1-3-20(17)22)24-14-25(34)32(27(24)36)18-6-8-19(9-7-18)41(29,39)40/h1-10,13,15,24,30H,11-12,14H2,(H2,29,39,40). The van der Waals surface area contributed by atoms with Gasteiger partial charge in [0.2, 0.25) is 15.9 Å². The van der Waals surface area contributed by atoms with Gasteiger partial charge in [-0.1, -0.05) is 29.8 Å². The molecule has 5 rings (SSSR count). The van der Waals surface area contributed by atoms with Crippen molar-refractivity contribution in [2.45, 2.75) is 23.8 Å². The highest BCUT2D eigenvalue weighted by Gasteiger charge is 2.44. The monoisotopic (exact) mass is 595 g/mol. The number of nitrogens with two attached hydrogens (primary N) is 1. The Morgan fingerprint density at radius 3 is 2.51 bits per heavy atom. The molecule has 14 heteroatoms. The van der Waals surface area contributed by atoms with Crippen LogP contribution >= 0.6 is 11.6 Å². The third-order valence-electron chi connectivity index (χ3n) is 6.87. The summed E-state index contributed by atoms with van der Waals surface area (Å²) in [5.41, 5.74) is 1.32. The van der Waals surface area contributed by atoms with Crippen LogP contribution in [0, 0.1) is 10.1 Å². The topological polar surface area (TPSA) is 177 Å². The predicted octanol–water partition coefficient (Wildman–Crippen LogP) is 3.39. The average molecular weight is 596 g/mol. The van der Waals surface area contributed by atoms with Crippen LogP contribution in [0.25, 0.3) is 10.9 Å². The Kier molecular flexibility index (Phi) is 7.34. The molecule has 0 spiro atoms. The summed E-state index contributed by atoms with van der Waals surface area (Å²) in [4.78, 5) is 56.2. The van der Waals surface area contributed by atoms with Crippen LogP contribution in [0.1, 0.15) is 22.3 Å². The highest BCUT2D eigenvalue weighted by atomic mass is 35.5. The molecule has 0 saturated carbocycles. The second-order valence-corrected chi connectivity index (χ2v) is 11.3. The molecule has 1 fully saturated rings. The van der Waals surface area contributed by atoms with E-state index in [0.29, 0.717) is 6.42 Å². The van der Waals surface area contributed by atoms with Crippen molar-refractivity contribution in [3.63, 3.8) is 0 Å². The molecule has 41 heavy (non-hydrogen) atoms. The number of fused-ring (bicyclic) bond motifs is 1. The van der Waals surface area contributed by atoms with Crippen LogP contribution in [-0.4, -0.2) is 53.5 Å². The number of nitrogens with zero attached hydrogens (tertiary/aromatic N) is 3. The molecule has 1 saturated heterocycles. The predicted molar refractivity (Wildman–Crippen MR) is 150 cm³/mol. The number of halogens is 1. The molecule has 0 aliphatic carbocycles. The minimum atomic E-state index is -3.99. The molecule has 3 amide bonds. The van der Waals surface area contributed by atoms with Crippen LogP contribution in [0.4, 0.5) is 11.4 Å². The molecular formula is C27H22ClN5O7S. The van der Waals surface area contributed by atoms with Crippen LogP contribution in [0.5, 0.6) is 0 Å². The summed E-state index contributed by atoms with van der Waals surface area (Å²) in [6.45, 7) is 0.0129. The molecule has 0 radical (unpaired) electrons. The number of amides is 3. The molecule has 210 valence electrons. The summed E-state index contributed by atoms with van der Waals surface area (Å²) in [5, 5.41) is 17.4. The molecule has 0 bridgehead atoms. The first-order valence-corrected chi connectivity index (χ1v) is 14.2. The quantitative estimate of drug-likeness (QED) is 0.178. The maximum Gasteiger partial charge on any atom is 0.288 e. The molecule has 3 aromatic carbocycles. The van der Waals surface area contributed by atoms with Gasteiger partial charge in [-0.25, -0.2) is 18.5 Å². The average Bonchev–Trinajstić information content (AvgIpc) is 3.48. The summed E-state index contributed by atoms with van der Waals surface area (Å²) in [5.74, 6) is -1.99. The Balaban J connectivity index is 1.49. The molecule has 1 atom stereocenters. The normalized spacial score (nSPS) is 15.5. The largest absolute Gasteiger partial charge is 0.361 e. The molecule has 1 unspecified atom stereocenters. The summed E-state index contributed by atoms with van der Waals surface area (Å²) in [6.07, 6.45) is 1.76. The van der Waals surface area contributed by atoms with Crippen molar-refractivity contribution in [2.75, 3.05) is 11.4 Å². The Morgan fingerprint density at radius 1 is 1.12 bits per heavy atom. The fraction of sp³-hybridized carbons (Fsp3) is 0.148. The smallest absolute Gasteiger partial charge is 0.288 e. The number of para-hydroxylation sites is 1. The Morgan fingerprint density at radius 2 is 1.83 bits per heavy atom. The lowest BCUT2D eigenvalue weighted by Crippen LogP contribution is -2.46. The number of H-pyrrole nitrogens is 1. The summed E-state index contributed by atoms with van der Waals surface area (Å²) < 4.78 is 23.2. The number of rotatable bonds is 8. The van der Waals surface area contributed by atoms with Gasteiger partial charge in [-0.15, -0.1) is 0 Å². The number of aromatic amines is 1. The van der Waals surface area contributed by atoms with Gasteiger partial charge in [0.05, 0.1) is 21.9 Å². The molecule has 3 N–H and O–H groups in total. The van der Waals surface area contributed by atoms with Gasteiger partial charge in [-0.3, -0.25) is 24.5 Å². The zero-order valence-electron chi connectivity index (χ0n) is 21.2. The number of carbonyl (C=O) groups is 3. The number of sulfonamides is 1. The SMILES string of the molecule is NS(=O)(=O)c1ccc(N2C(=O)CC(N(CCc3c[nH]c4ccccc34)C(=O)c3ccc(Cl)c([N+](=O)[O-])c3)C2=O)cc1. The van der Waals surface area contributed by atoms with Crippen molar-refractivity contribution < 1.29 is 27.7 Å². The van der Waals surface area contributed by atoms with E-state index in [1.807, 2.05) is 24.3 Å². The van der Waals surface area contributed by atoms with Gasteiger partial charge in [0, 0.05) is 35.3 Å². The van der Waals surface area contributed by atoms with E-state index in [1.165, 1.54) is 41.3 Å². The third kappa shape index (κ3) is 5.42. The van der Waals surface area contributed by atoms with Crippen LogP contribution in [0.2, 0.25) is 5.02 Å². The fourth-order valence-electron chi connectivity index (χ4n) is 4.85. The Labute approximate surface area is 238 Å². The van der Waals surface area contributed by atoms with E-state index < -0.39 is 44.4 Å². The van der Waals surface area contributed by atoms with E-state index in [-0.39, 0.29) is 34.1 Å². The lowest BCUT2D eigenvalue weighted by Gasteiger charge is -2.28. The summed E-state index contributed by atoms with van der Waals surface area (Å²) >= 11 is 5.93. The lowest BCUT2D eigenvalue weighted by molar-refractivity contribution is -0.384. The van der Waals surface area contributed by atoms with E-state index in [0.717, 1.165) is 27.4 Å². The van der Waals surface area contributed by atoms with Crippen molar-refractivity contribution in [1.29, 1.82) is 0 Å². The zero-order chi connectivity index (χ0) is 29.5. The number of primary sulfonamides is 1. The van der Waals surface area contributed by atoms with Crippen LogP contribution in [0.15, 0.2) is 77.8 Å².